The van der Waals surface area contributed by atoms with Crippen LogP contribution in [0.2, 0.25) is 0 Å². The first-order valence-corrected chi connectivity index (χ1v) is 5.68. The molecule has 0 spiro atoms. The fourth-order valence-corrected chi connectivity index (χ4v) is 1.92. The summed E-state index contributed by atoms with van der Waals surface area (Å²) in [6.45, 7) is 4.76. The third kappa shape index (κ3) is 2.67. The van der Waals surface area contributed by atoms with Crippen molar-refractivity contribution in [1.82, 2.24) is 0 Å². The molecule has 1 aromatic carbocycles. The lowest BCUT2D eigenvalue weighted by Gasteiger charge is -2.14. The third-order valence-electron chi connectivity index (χ3n) is 3.03. The van der Waals surface area contributed by atoms with Crippen LogP contribution in [0.3, 0.4) is 0 Å². The zero-order valence-electron chi connectivity index (χ0n) is 10.3. The molecular formula is C13H21NO2. The summed E-state index contributed by atoms with van der Waals surface area (Å²) in [5.41, 5.74) is 8.87. The number of aromatic hydroxyl groups is 1. The average molecular weight is 223 g/mol. The van der Waals surface area contributed by atoms with E-state index in [9.17, 15) is 5.11 Å². The van der Waals surface area contributed by atoms with Crippen molar-refractivity contribution >= 4 is 0 Å². The molecule has 90 valence electrons. The molecule has 0 saturated heterocycles. The maximum Gasteiger partial charge on any atom is 0.163 e. The number of unbranched alkanes of at least 4 members (excludes halogenated alkanes) is 1. The Morgan fingerprint density at radius 2 is 1.94 bits per heavy atom. The molecule has 0 fully saturated rings. The quantitative estimate of drug-likeness (QED) is 0.753. The first-order chi connectivity index (χ1) is 7.61. The number of aryl methyl sites for hydroxylation is 1. The van der Waals surface area contributed by atoms with Crippen LogP contribution in [-0.4, -0.2) is 18.8 Å². The van der Waals surface area contributed by atoms with E-state index in [0.29, 0.717) is 5.75 Å². The van der Waals surface area contributed by atoms with Crippen LogP contribution in [-0.2, 0) is 6.42 Å². The summed E-state index contributed by atoms with van der Waals surface area (Å²) in [4.78, 5) is 0. The molecule has 0 amide bonds. The molecule has 16 heavy (non-hydrogen) atoms. The van der Waals surface area contributed by atoms with Gasteiger partial charge in [0.15, 0.2) is 11.5 Å². The van der Waals surface area contributed by atoms with Crippen LogP contribution in [0.4, 0.5) is 0 Å². The second-order valence-electron chi connectivity index (χ2n) is 4.08. The fourth-order valence-electron chi connectivity index (χ4n) is 1.92. The van der Waals surface area contributed by atoms with Gasteiger partial charge >= 0.3 is 0 Å². The van der Waals surface area contributed by atoms with Gasteiger partial charge in [0.05, 0.1) is 7.11 Å². The van der Waals surface area contributed by atoms with E-state index >= 15 is 0 Å². The smallest absolute Gasteiger partial charge is 0.163 e. The van der Waals surface area contributed by atoms with Crippen molar-refractivity contribution in [3.05, 3.63) is 22.8 Å². The largest absolute Gasteiger partial charge is 0.504 e. The minimum absolute atomic E-state index is 0.230. The van der Waals surface area contributed by atoms with Crippen LogP contribution in [0, 0.1) is 13.8 Å². The van der Waals surface area contributed by atoms with Crippen molar-refractivity contribution in [2.75, 3.05) is 13.7 Å². The monoisotopic (exact) mass is 223 g/mol. The van der Waals surface area contributed by atoms with Gasteiger partial charge in [0.2, 0.25) is 0 Å². The Kier molecular flexibility index (Phi) is 4.62. The van der Waals surface area contributed by atoms with Crippen LogP contribution < -0.4 is 10.5 Å². The van der Waals surface area contributed by atoms with Gasteiger partial charge in [-0.05, 0) is 62.4 Å². The molecule has 0 aliphatic carbocycles. The van der Waals surface area contributed by atoms with Gasteiger partial charge in [-0.3, -0.25) is 0 Å². The number of phenolic OH excluding ortho intramolecular Hbond substituents is 1. The van der Waals surface area contributed by atoms with Gasteiger partial charge in [-0.1, -0.05) is 0 Å². The highest BCUT2D eigenvalue weighted by Gasteiger charge is 2.11. The van der Waals surface area contributed by atoms with Crippen molar-refractivity contribution < 1.29 is 9.84 Å². The van der Waals surface area contributed by atoms with E-state index in [1.165, 1.54) is 11.1 Å². The van der Waals surface area contributed by atoms with Gasteiger partial charge in [-0.15, -0.1) is 0 Å². The molecule has 1 aromatic rings. The van der Waals surface area contributed by atoms with Gasteiger partial charge < -0.3 is 15.6 Å². The number of ether oxygens (including phenoxy) is 1. The number of hydrogen-bond acceptors (Lipinski definition) is 3. The minimum Gasteiger partial charge on any atom is -0.504 e. The molecule has 0 heterocycles. The Bertz CT molecular complexity index is 361. The number of methoxy groups -OCH3 is 1. The van der Waals surface area contributed by atoms with Crippen molar-refractivity contribution in [1.29, 1.82) is 0 Å². The Morgan fingerprint density at radius 1 is 1.25 bits per heavy atom. The van der Waals surface area contributed by atoms with Gasteiger partial charge in [-0.25, -0.2) is 0 Å². The van der Waals surface area contributed by atoms with E-state index in [0.717, 1.165) is 31.4 Å². The number of rotatable bonds is 5. The normalized spacial score (nSPS) is 10.5. The standard InChI is InChI=1S/C13H21NO2/c1-9-10(2)13(16-3)12(15)8-11(9)6-4-5-7-14/h8,15H,4-7,14H2,1-3H3. The Labute approximate surface area is 97.2 Å². The predicted octanol–water partition coefficient (Wildman–Crippen LogP) is 2.30. The summed E-state index contributed by atoms with van der Waals surface area (Å²) < 4.78 is 5.17. The van der Waals surface area contributed by atoms with Crippen LogP contribution >= 0.6 is 0 Å². The van der Waals surface area contributed by atoms with E-state index in [-0.39, 0.29) is 5.75 Å². The Hall–Kier alpha value is -1.22. The molecule has 0 bridgehead atoms. The molecular weight excluding hydrogens is 202 g/mol. The summed E-state index contributed by atoms with van der Waals surface area (Å²) in [5.74, 6) is 0.813. The van der Waals surface area contributed by atoms with Crippen molar-refractivity contribution in [2.45, 2.75) is 33.1 Å². The SMILES string of the molecule is COc1c(O)cc(CCCCN)c(C)c1C. The summed E-state index contributed by atoms with van der Waals surface area (Å²) in [7, 11) is 1.58. The Morgan fingerprint density at radius 3 is 2.50 bits per heavy atom. The number of benzene rings is 1. The second kappa shape index (κ2) is 5.75. The number of hydrogen-bond donors (Lipinski definition) is 2. The lowest BCUT2D eigenvalue weighted by atomic mass is 9.97. The van der Waals surface area contributed by atoms with E-state index in [1.807, 2.05) is 6.92 Å². The summed E-state index contributed by atoms with van der Waals surface area (Å²) in [5, 5.41) is 9.80. The zero-order chi connectivity index (χ0) is 12.1. The zero-order valence-corrected chi connectivity index (χ0v) is 10.3. The minimum atomic E-state index is 0.230. The lowest BCUT2D eigenvalue weighted by Crippen LogP contribution is -2.01. The summed E-state index contributed by atoms with van der Waals surface area (Å²) >= 11 is 0. The third-order valence-corrected chi connectivity index (χ3v) is 3.03. The van der Waals surface area contributed by atoms with Crippen molar-refractivity contribution in [2.24, 2.45) is 5.73 Å². The molecule has 3 nitrogen and oxygen atoms in total. The summed E-state index contributed by atoms with van der Waals surface area (Å²) in [6, 6.07) is 1.80. The molecule has 0 unspecified atom stereocenters. The first-order valence-electron chi connectivity index (χ1n) is 5.68. The number of phenols is 1. The predicted molar refractivity (Wildman–Crippen MR) is 66.1 cm³/mol. The van der Waals surface area contributed by atoms with E-state index in [4.69, 9.17) is 10.5 Å². The molecule has 3 N–H and O–H groups in total. The highest BCUT2D eigenvalue weighted by molar-refractivity contribution is 5.52. The molecule has 0 radical (unpaired) electrons. The van der Waals surface area contributed by atoms with Crippen LogP contribution in [0.5, 0.6) is 11.5 Å². The first kappa shape index (κ1) is 12.8. The van der Waals surface area contributed by atoms with E-state index in [1.54, 1.807) is 13.2 Å². The second-order valence-corrected chi connectivity index (χ2v) is 4.08. The topological polar surface area (TPSA) is 55.5 Å². The lowest BCUT2D eigenvalue weighted by molar-refractivity contribution is 0.370. The molecule has 0 aromatic heterocycles. The molecule has 0 aliphatic rings. The molecule has 1 rings (SSSR count). The maximum atomic E-state index is 9.80. The van der Waals surface area contributed by atoms with Crippen LogP contribution in [0.1, 0.15) is 29.5 Å². The highest BCUT2D eigenvalue weighted by atomic mass is 16.5. The Balaban J connectivity index is 2.94. The highest BCUT2D eigenvalue weighted by Crippen LogP contribution is 2.34. The van der Waals surface area contributed by atoms with Crippen LogP contribution in [0.25, 0.3) is 0 Å². The number of nitrogens with two attached hydrogens (primary N) is 1. The summed E-state index contributed by atoms with van der Waals surface area (Å²) in [6.07, 6.45) is 3.04. The molecule has 0 aliphatic heterocycles. The fraction of sp³-hybridized carbons (Fsp3) is 0.538. The van der Waals surface area contributed by atoms with E-state index in [2.05, 4.69) is 6.92 Å². The van der Waals surface area contributed by atoms with Gasteiger partial charge in [0.1, 0.15) is 0 Å². The maximum absolute atomic E-state index is 9.80. The van der Waals surface area contributed by atoms with Gasteiger partial charge in [0.25, 0.3) is 0 Å². The van der Waals surface area contributed by atoms with Crippen molar-refractivity contribution in [3.8, 4) is 11.5 Å². The van der Waals surface area contributed by atoms with E-state index < -0.39 is 0 Å². The molecule has 0 atom stereocenters. The van der Waals surface area contributed by atoms with Crippen LogP contribution in [0.15, 0.2) is 6.07 Å². The molecule has 3 heteroatoms. The van der Waals surface area contributed by atoms with Gasteiger partial charge in [-0.2, -0.15) is 0 Å². The van der Waals surface area contributed by atoms with Crippen molar-refractivity contribution in [3.63, 3.8) is 0 Å². The van der Waals surface area contributed by atoms with Gasteiger partial charge in [0, 0.05) is 0 Å². The molecule has 0 saturated carbocycles. The average Bonchev–Trinajstić information content (AvgIpc) is 2.26.